The molecular weight excluding hydrogens is 330 g/mol. The Morgan fingerprint density at radius 1 is 1.43 bits per heavy atom. The molecule has 0 radical (unpaired) electrons. The number of amides is 1. The minimum Gasteiger partial charge on any atom is -0.330 e. The summed E-state index contributed by atoms with van der Waals surface area (Å²) in [6, 6.07) is 7.29. The molecule has 1 aromatic carbocycles. The van der Waals surface area contributed by atoms with Crippen LogP contribution in [-0.4, -0.2) is 12.5 Å². The third kappa shape index (κ3) is 5.86. The number of anilines is 1. The lowest BCUT2D eigenvalue weighted by Gasteiger charge is -2.19. The lowest BCUT2D eigenvalue weighted by atomic mass is 9.88. The van der Waals surface area contributed by atoms with Gasteiger partial charge in [0.25, 0.3) is 0 Å². The van der Waals surface area contributed by atoms with E-state index in [1.54, 1.807) is 18.2 Å². The van der Waals surface area contributed by atoms with Crippen molar-refractivity contribution in [2.75, 3.05) is 11.9 Å². The Labute approximate surface area is 134 Å². The van der Waals surface area contributed by atoms with Crippen LogP contribution in [0.25, 0.3) is 0 Å². The summed E-state index contributed by atoms with van der Waals surface area (Å²) >= 11 is 3.34. The Kier molecular flexibility index (Phi) is 7.41. The molecule has 0 aliphatic heterocycles. The van der Waals surface area contributed by atoms with Crippen LogP contribution in [0.1, 0.15) is 38.7 Å². The molecule has 1 aromatic rings. The zero-order valence-corrected chi connectivity index (χ0v) is 14.1. The van der Waals surface area contributed by atoms with Crippen molar-refractivity contribution in [1.29, 1.82) is 5.26 Å². The fourth-order valence-corrected chi connectivity index (χ4v) is 2.63. The highest BCUT2D eigenvalue weighted by Crippen LogP contribution is 2.23. The monoisotopic (exact) mass is 351 g/mol. The molecule has 0 aliphatic rings. The van der Waals surface area contributed by atoms with Crippen molar-refractivity contribution in [2.45, 2.75) is 33.1 Å². The summed E-state index contributed by atoms with van der Waals surface area (Å²) < 4.78 is 0.833. The molecule has 0 saturated carbocycles. The first-order valence-corrected chi connectivity index (χ1v) is 7.96. The van der Waals surface area contributed by atoms with E-state index in [1.165, 1.54) is 0 Å². The van der Waals surface area contributed by atoms with Crippen LogP contribution in [0.2, 0.25) is 0 Å². The predicted octanol–water partition coefficient (Wildman–Crippen LogP) is 3.66. The van der Waals surface area contributed by atoms with E-state index in [-0.39, 0.29) is 5.91 Å². The maximum Gasteiger partial charge on any atom is 0.224 e. The molecule has 0 saturated heterocycles. The fourth-order valence-electron chi connectivity index (χ4n) is 2.27. The number of carbonyl (C=O) groups excluding carboxylic acids is 1. The Balaban J connectivity index is 2.62. The first-order valence-electron chi connectivity index (χ1n) is 7.17. The SMILES string of the molecule is CC(C)C(CCN)CCC(=O)Nc1cc(Br)ccc1C#N. The summed E-state index contributed by atoms with van der Waals surface area (Å²) in [5.74, 6) is 0.910. The topological polar surface area (TPSA) is 78.9 Å². The van der Waals surface area contributed by atoms with Crippen LogP contribution < -0.4 is 11.1 Å². The van der Waals surface area contributed by atoms with E-state index in [1.807, 2.05) is 0 Å². The molecule has 0 aliphatic carbocycles. The first-order chi connectivity index (χ1) is 9.97. The quantitative estimate of drug-likeness (QED) is 0.786. The lowest BCUT2D eigenvalue weighted by molar-refractivity contribution is -0.116. The first kappa shape index (κ1) is 17.7. The molecule has 114 valence electrons. The number of rotatable bonds is 7. The number of nitrogens with one attached hydrogen (secondary N) is 1. The average molecular weight is 352 g/mol. The number of nitrogens with zero attached hydrogens (tertiary/aromatic N) is 1. The highest BCUT2D eigenvalue weighted by atomic mass is 79.9. The van der Waals surface area contributed by atoms with Crippen LogP contribution in [0.4, 0.5) is 5.69 Å². The highest BCUT2D eigenvalue weighted by molar-refractivity contribution is 9.10. The van der Waals surface area contributed by atoms with Crippen molar-refractivity contribution < 1.29 is 4.79 Å². The van der Waals surface area contributed by atoms with E-state index in [4.69, 9.17) is 11.0 Å². The largest absolute Gasteiger partial charge is 0.330 e. The molecule has 4 nitrogen and oxygen atoms in total. The van der Waals surface area contributed by atoms with E-state index in [2.05, 4.69) is 41.2 Å². The summed E-state index contributed by atoms with van der Waals surface area (Å²) in [5, 5.41) is 11.9. The van der Waals surface area contributed by atoms with Crippen molar-refractivity contribution >= 4 is 27.5 Å². The van der Waals surface area contributed by atoms with E-state index in [0.717, 1.165) is 17.3 Å². The Bertz CT molecular complexity index is 523. The summed E-state index contributed by atoms with van der Waals surface area (Å²) in [5.41, 5.74) is 6.63. The van der Waals surface area contributed by atoms with Gasteiger partial charge in [0.2, 0.25) is 5.91 Å². The number of nitriles is 1. The molecule has 1 atom stereocenters. The molecule has 0 bridgehead atoms. The Morgan fingerprint density at radius 3 is 2.71 bits per heavy atom. The van der Waals surface area contributed by atoms with E-state index in [9.17, 15) is 4.79 Å². The number of carbonyl (C=O) groups is 1. The normalized spacial score (nSPS) is 12.0. The zero-order valence-electron chi connectivity index (χ0n) is 12.5. The van der Waals surface area contributed by atoms with Crippen LogP contribution in [0, 0.1) is 23.2 Å². The molecule has 0 aromatic heterocycles. The molecule has 1 rings (SSSR count). The van der Waals surface area contributed by atoms with E-state index in [0.29, 0.717) is 36.1 Å². The average Bonchev–Trinajstić information content (AvgIpc) is 2.43. The van der Waals surface area contributed by atoms with Gasteiger partial charge in [-0.25, -0.2) is 0 Å². The molecule has 0 spiro atoms. The number of hydrogen-bond donors (Lipinski definition) is 2. The van der Waals surface area contributed by atoms with Crippen molar-refractivity contribution in [1.82, 2.24) is 0 Å². The van der Waals surface area contributed by atoms with Gasteiger partial charge in [0, 0.05) is 10.9 Å². The second-order valence-electron chi connectivity index (χ2n) is 5.47. The second kappa shape index (κ2) is 8.81. The summed E-state index contributed by atoms with van der Waals surface area (Å²) in [6.07, 6.45) is 2.20. The van der Waals surface area contributed by atoms with Crippen LogP contribution in [-0.2, 0) is 4.79 Å². The highest BCUT2D eigenvalue weighted by Gasteiger charge is 2.15. The van der Waals surface area contributed by atoms with Crippen molar-refractivity contribution in [3.63, 3.8) is 0 Å². The maximum atomic E-state index is 12.1. The van der Waals surface area contributed by atoms with Crippen molar-refractivity contribution in [3.8, 4) is 6.07 Å². The smallest absolute Gasteiger partial charge is 0.224 e. The van der Waals surface area contributed by atoms with Gasteiger partial charge in [0.15, 0.2) is 0 Å². The van der Waals surface area contributed by atoms with Gasteiger partial charge in [-0.15, -0.1) is 0 Å². The van der Waals surface area contributed by atoms with Crippen LogP contribution in [0.5, 0.6) is 0 Å². The summed E-state index contributed by atoms with van der Waals surface area (Å²) in [4.78, 5) is 12.1. The van der Waals surface area contributed by atoms with Gasteiger partial charge in [-0.1, -0.05) is 29.8 Å². The molecule has 0 fully saturated rings. The van der Waals surface area contributed by atoms with Gasteiger partial charge >= 0.3 is 0 Å². The Hall–Kier alpha value is -1.38. The Morgan fingerprint density at radius 2 is 2.14 bits per heavy atom. The third-order valence-electron chi connectivity index (χ3n) is 3.60. The van der Waals surface area contributed by atoms with Crippen LogP contribution >= 0.6 is 15.9 Å². The maximum absolute atomic E-state index is 12.1. The van der Waals surface area contributed by atoms with E-state index >= 15 is 0 Å². The van der Waals surface area contributed by atoms with Gasteiger partial charge in [-0.2, -0.15) is 5.26 Å². The standard InChI is InChI=1S/C16H22BrN3O/c1-11(2)12(7-8-18)4-6-16(21)20-15-9-14(17)5-3-13(15)10-19/h3,5,9,11-12H,4,6-8,18H2,1-2H3,(H,20,21). The molecule has 21 heavy (non-hydrogen) atoms. The molecular formula is C16H22BrN3O. The van der Waals surface area contributed by atoms with E-state index < -0.39 is 0 Å². The van der Waals surface area contributed by atoms with Crippen LogP contribution in [0.15, 0.2) is 22.7 Å². The number of nitrogens with two attached hydrogens (primary N) is 1. The molecule has 3 N–H and O–H groups in total. The van der Waals surface area contributed by atoms with Gasteiger partial charge in [-0.05, 0) is 49.4 Å². The second-order valence-corrected chi connectivity index (χ2v) is 6.39. The zero-order chi connectivity index (χ0) is 15.8. The van der Waals surface area contributed by atoms with Gasteiger partial charge in [0.05, 0.1) is 11.3 Å². The lowest BCUT2D eigenvalue weighted by Crippen LogP contribution is -2.18. The number of halogens is 1. The molecule has 0 heterocycles. The van der Waals surface area contributed by atoms with Gasteiger partial charge in [0.1, 0.15) is 6.07 Å². The minimum atomic E-state index is -0.0627. The van der Waals surface area contributed by atoms with Gasteiger partial charge < -0.3 is 11.1 Å². The van der Waals surface area contributed by atoms with Crippen molar-refractivity contribution in [3.05, 3.63) is 28.2 Å². The van der Waals surface area contributed by atoms with Crippen molar-refractivity contribution in [2.24, 2.45) is 17.6 Å². The summed E-state index contributed by atoms with van der Waals surface area (Å²) in [6.45, 7) is 4.95. The fraction of sp³-hybridized carbons (Fsp3) is 0.500. The third-order valence-corrected chi connectivity index (χ3v) is 4.09. The van der Waals surface area contributed by atoms with Gasteiger partial charge in [-0.3, -0.25) is 4.79 Å². The number of hydrogen-bond acceptors (Lipinski definition) is 3. The summed E-state index contributed by atoms with van der Waals surface area (Å²) in [7, 11) is 0. The molecule has 5 heteroatoms. The minimum absolute atomic E-state index is 0.0627. The molecule has 1 unspecified atom stereocenters. The predicted molar refractivity (Wildman–Crippen MR) is 88.7 cm³/mol. The van der Waals surface area contributed by atoms with Crippen LogP contribution in [0.3, 0.4) is 0 Å². The number of benzene rings is 1. The molecule has 1 amide bonds.